The van der Waals surface area contributed by atoms with E-state index in [0.717, 1.165) is 5.56 Å². The molecule has 78 valence electrons. The minimum atomic E-state index is -1.41. The summed E-state index contributed by atoms with van der Waals surface area (Å²) in [6.45, 7) is 7.32. The summed E-state index contributed by atoms with van der Waals surface area (Å²) in [4.78, 5) is 0. The average molecular weight is 210 g/mol. The molecule has 0 aromatic heterocycles. The summed E-state index contributed by atoms with van der Waals surface area (Å²) < 4.78 is 5.77. The number of rotatable bonds is 4. The Morgan fingerprint density at radius 3 is 2.00 bits per heavy atom. The van der Waals surface area contributed by atoms with Crippen molar-refractivity contribution in [2.24, 2.45) is 0 Å². The third-order valence-electron chi connectivity index (χ3n) is 1.88. The van der Waals surface area contributed by atoms with Crippen molar-refractivity contribution in [3.05, 3.63) is 35.4 Å². The zero-order chi connectivity index (χ0) is 10.6. The van der Waals surface area contributed by atoms with Crippen LogP contribution in [0.5, 0.6) is 0 Å². The molecular formula is C11H18O2Si. The molecule has 0 atom stereocenters. The Hall–Kier alpha value is -0.643. The highest BCUT2D eigenvalue weighted by atomic mass is 28.4. The first-order valence-corrected chi connectivity index (χ1v) is 8.25. The number of hydrogen-bond donors (Lipinski definition) is 1. The zero-order valence-electron chi connectivity index (χ0n) is 9.08. The van der Waals surface area contributed by atoms with Crippen LogP contribution in [0.25, 0.3) is 0 Å². The highest BCUT2D eigenvalue weighted by molar-refractivity contribution is 6.69. The van der Waals surface area contributed by atoms with E-state index in [-0.39, 0.29) is 6.61 Å². The summed E-state index contributed by atoms with van der Waals surface area (Å²) in [5.74, 6) is 0. The molecule has 0 spiro atoms. The van der Waals surface area contributed by atoms with Crippen LogP contribution in [0, 0.1) is 0 Å². The fourth-order valence-corrected chi connectivity index (χ4v) is 1.64. The lowest BCUT2D eigenvalue weighted by molar-refractivity contribution is 0.281. The maximum Gasteiger partial charge on any atom is 0.184 e. The highest BCUT2D eigenvalue weighted by Crippen LogP contribution is 2.10. The highest BCUT2D eigenvalue weighted by Gasteiger charge is 2.13. The Morgan fingerprint density at radius 2 is 1.57 bits per heavy atom. The summed E-state index contributed by atoms with van der Waals surface area (Å²) >= 11 is 0. The van der Waals surface area contributed by atoms with Gasteiger partial charge >= 0.3 is 0 Å². The van der Waals surface area contributed by atoms with Crippen LogP contribution in [-0.2, 0) is 17.6 Å². The van der Waals surface area contributed by atoms with Gasteiger partial charge in [-0.15, -0.1) is 0 Å². The standard InChI is InChI=1S/C11H18O2Si/c1-14(2,3)13-9-11-6-4-10(8-12)5-7-11/h4-7,12H,8-9H2,1-3H3. The van der Waals surface area contributed by atoms with E-state index < -0.39 is 8.32 Å². The lowest BCUT2D eigenvalue weighted by atomic mass is 10.1. The van der Waals surface area contributed by atoms with Crippen molar-refractivity contribution >= 4 is 8.32 Å². The number of aliphatic hydroxyl groups excluding tert-OH is 1. The first-order valence-electron chi connectivity index (χ1n) is 4.84. The maximum atomic E-state index is 8.86. The van der Waals surface area contributed by atoms with Crippen LogP contribution in [0.4, 0.5) is 0 Å². The molecular weight excluding hydrogens is 192 g/mol. The van der Waals surface area contributed by atoms with E-state index in [9.17, 15) is 0 Å². The molecule has 0 bridgehead atoms. The summed E-state index contributed by atoms with van der Waals surface area (Å²) in [5, 5.41) is 8.86. The minimum absolute atomic E-state index is 0.106. The fraction of sp³-hybridized carbons (Fsp3) is 0.455. The van der Waals surface area contributed by atoms with Crippen LogP contribution >= 0.6 is 0 Å². The van der Waals surface area contributed by atoms with Crippen LogP contribution in [-0.4, -0.2) is 13.4 Å². The topological polar surface area (TPSA) is 29.5 Å². The molecule has 0 amide bonds. The molecule has 0 fully saturated rings. The summed E-state index contributed by atoms with van der Waals surface area (Å²) in [5.41, 5.74) is 2.12. The average Bonchev–Trinajstić information content (AvgIpc) is 2.14. The normalized spacial score (nSPS) is 11.7. The van der Waals surface area contributed by atoms with Crippen molar-refractivity contribution < 1.29 is 9.53 Å². The predicted octanol–water partition coefficient (Wildman–Crippen LogP) is 2.53. The molecule has 1 rings (SSSR count). The molecule has 1 aromatic rings. The zero-order valence-corrected chi connectivity index (χ0v) is 10.1. The van der Waals surface area contributed by atoms with E-state index in [2.05, 4.69) is 19.6 Å². The van der Waals surface area contributed by atoms with Gasteiger partial charge in [-0.05, 0) is 30.8 Å². The molecule has 0 saturated carbocycles. The van der Waals surface area contributed by atoms with Gasteiger partial charge in [0.1, 0.15) is 0 Å². The van der Waals surface area contributed by atoms with Crippen molar-refractivity contribution in [2.45, 2.75) is 32.9 Å². The van der Waals surface area contributed by atoms with Gasteiger partial charge in [-0.1, -0.05) is 24.3 Å². The van der Waals surface area contributed by atoms with Crippen LogP contribution in [0.3, 0.4) is 0 Å². The SMILES string of the molecule is C[Si](C)(C)OCc1ccc(CO)cc1. The van der Waals surface area contributed by atoms with Gasteiger partial charge in [0.25, 0.3) is 0 Å². The first kappa shape index (κ1) is 11.4. The lowest BCUT2D eigenvalue weighted by Crippen LogP contribution is -2.24. The maximum absolute atomic E-state index is 8.86. The van der Waals surface area contributed by atoms with Gasteiger partial charge in [0.2, 0.25) is 0 Å². The molecule has 14 heavy (non-hydrogen) atoms. The number of aliphatic hydroxyl groups is 1. The van der Waals surface area contributed by atoms with Crippen molar-refractivity contribution in [3.63, 3.8) is 0 Å². The van der Waals surface area contributed by atoms with Gasteiger partial charge in [0.05, 0.1) is 13.2 Å². The van der Waals surface area contributed by atoms with E-state index in [1.54, 1.807) is 0 Å². The third-order valence-corrected chi connectivity index (χ3v) is 2.89. The second kappa shape index (κ2) is 4.73. The molecule has 0 heterocycles. The lowest BCUT2D eigenvalue weighted by Gasteiger charge is -2.17. The van der Waals surface area contributed by atoms with Crippen molar-refractivity contribution in [1.82, 2.24) is 0 Å². The summed E-state index contributed by atoms with van der Waals surface area (Å²) in [7, 11) is -1.41. The van der Waals surface area contributed by atoms with Gasteiger partial charge in [-0.2, -0.15) is 0 Å². The van der Waals surface area contributed by atoms with Crippen LogP contribution in [0.15, 0.2) is 24.3 Å². The quantitative estimate of drug-likeness (QED) is 0.774. The van der Waals surface area contributed by atoms with Gasteiger partial charge in [-0.25, -0.2) is 0 Å². The second-order valence-electron chi connectivity index (χ2n) is 4.38. The smallest absolute Gasteiger partial charge is 0.184 e. The van der Waals surface area contributed by atoms with E-state index in [4.69, 9.17) is 9.53 Å². The van der Waals surface area contributed by atoms with E-state index in [0.29, 0.717) is 6.61 Å². The van der Waals surface area contributed by atoms with E-state index in [1.807, 2.05) is 24.3 Å². The number of hydrogen-bond acceptors (Lipinski definition) is 2. The van der Waals surface area contributed by atoms with Crippen LogP contribution in [0.1, 0.15) is 11.1 Å². The van der Waals surface area contributed by atoms with Crippen molar-refractivity contribution in [2.75, 3.05) is 0 Å². The molecule has 0 saturated heterocycles. The van der Waals surface area contributed by atoms with Gasteiger partial charge in [-0.3, -0.25) is 0 Å². The molecule has 1 N–H and O–H groups in total. The van der Waals surface area contributed by atoms with E-state index in [1.165, 1.54) is 5.56 Å². The molecule has 1 aromatic carbocycles. The van der Waals surface area contributed by atoms with Crippen LogP contribution in [0.2, 0.25) is 19.6 Å². The fourth-order valence-electron chi connectivity index (χ4n) is 1.04. The first-order chi connectivity index (χ1) is 6.51. The molecule has 0 unspecified atom stereocenters. The molecule has 0 aliphatic rings. The molecule has 0 radical (unpaired) electrons. The van der Waals surface area contributed by atoms with Crippen molar-refractivity contribution in [3.8, 4) is 0 Å². The Balaban J connectivity index is 2.52. The summed E-state index contributed by atoms with van der Waals surface area (Å²) in [6.07, 6.45) is 0. The Morgan fingerprint density at radius 1 is 1.07 bits per heavy atom. The second-order valence-corrected chi connectivity index (χ2v) is 8.89. The minimum Gasteiger partial charge on any atom is -0.413 e. The van der Waals surface area contributed by atoms with Gasteiger partial charge in [0.15, 0.2) is 8.32 Å². The largest absolute Gasteiger partial charge is 0.413 e. The third kappa shape index (κ3) is 4.04. The Kier molecular flexibility index (Phi) is 3.86. The Bertz CT molecular complexity index is 274. The summed E-state index contributed by atoms with van der Waals surface area (Å²) in [6, 6.07) is 7.88. The molecule has 2 nitrogen and oxygen atoms in total. The van der Waals surface area contributed by atoms with Gasteiger partial charge < -0.3 is 9.53 Å². The van der Waals surface area contributed by atoms with E-state index >= 15 is 0 Å². The predicted molar refractivity (Wildman–Crippen MR) is 60.5 cm³/mol. The molecule has 0 aliphatic carbocycles. The monoisotopic (exact) mass is 210 g/mol. The molecule has 0 aliphatic heterocycles. The van der Waals surface area contributed by atoms with Gasteiger partial charge in [0, 0.05) is 0 Å². The number of benzene rings is 1. The van der Waals surface area contributed by atoms with Crippen LogP contribution < -0.4 is 0 Å². The Labute approximate surface area is 86.7 Å². The van der Waals surface area contributed by atoms with Crippen molar-refractivity contribution in [1.29, 1.82) is 0 Å². The molecule has 3 heteroatoms.